The molecule has 1 aromatic rings. The molecule has 2 aliphatic carbocycles. The van der Waals surface area contributed by atoms with Crippen molar-refractivity contribution in [3.8, 4) is 5.75 Å². The van der Waals surface area contributed by atoms with Gasteiger partial charge in [-0.3, -0.25) is 0 Å². The summed E-state index contributed by atoms with van der Waals surface area (Å²) in [7, 11) is -0.0232. The van der Waals surface area contributed by atoms with Crippen molar-refractivity contribution in [2.75, 3.05) is 14.2 Å². The van der Waals surface area contributed by atoms with Crippen LogP contribution in [0.3, 0.4) is 0 Å². The monoisotopic (exact) mass is 352 g/mol. The Bertz CT molecular complexity index is 635. The zero-order valence-electron chi connectivity index (χ0n) is 14.6. The summed E-state index contributed by atoms with van der Waals surface area (Å²) in [4.78, 5) is 0. The van der Waals surface area contributed by atoms with Crippen LogP contribution >= 0.6 is 0 Å². The van der Waals surface area contributed by atoms with Gasteiger partial charge in [-0.25, -0.2) is 0 Å². The van der Waals surface area contributed by atoms with Crippen LogP contribution in [0.2, 0.25) is 0 Å². The number of ether oxygens (including phenoxy) is 1. The second-order valence-electron chi connectivity index (χ2n) is 6.94. The van der Waals surface area contributed by atoms with E-state index in [1.165, 1.54) is 6.42 Å². The molecular formula is C18H28N2O3S. The lowest BCUT2D eigenvalue weighted by atomic mass is 9.96. The lowest BCUT2D eigenvalue weighted by Crippen LogP contribution is -2.47. The van der Waals surface area contributed by atoms with Gasteiger partial charge in [0.15, 0.2) is 0 Å². The van der Waals surface area contributed by atoms with Crippen molar-refractivity contribution in [1.29, 1.82) is 0 Å². The maximum absolute atomic E-state index is 13.2. The normalized spacial score (nSPS) is 19.8. The lowest BCUT2D eigenvalue weighted by Gasteiger charge is -2.34. The number of hydrogen-bond acceptors (Lipinski definition) is 3. The van der Waals surface area contributed by atoms with E-state index in [1.54, 1.807) is 22.8 Å². The molecule has 0 aromatic heterocycles. The van der Waals surface area contributed by atoms with Gasteiger partial charge in [0.25, 0.3) is 10.2 Å². The van der Waals surface area contributed by atoms with Gasteiger partial charge in [0.05, 0.1) is 7.11 Å². The molecule has 2 saturated carbocycles. The summed E-state index contributed by atoms with van der Waals surface area (Å²) in [5.41, 5.74) is 1.00. The fourth-order valence-corrected chi connectivity index (χ4v) is 5.29. The molecule has 5 nitrogen and oxygen atoms in total. The van der Waals surface area contributed by atoms with E-state index in [-0.39, 0.29) is 12.1 Å². The third-order valence-electron chi connectivity index (χ3n) is 5.20. The van der Waals surface area contributed by atoms with E-state index < -0.39 is 10.2 Å². The minimum atomic E-state index is -3.42. The van der Waals surface area contributed by atoms with E-state index in [9.17, 15) is 8.42 Å². The number of rotatable bonds is 7. The molecule has 0 aliphatic heterocycles. The van der Waals surface area contributed by atoms with Gasteiger partial charge in [0, 0.05) is 25.7 Å². The summed E-state index contributed by atoms with van der Waals surface area (Å²) in [6.07, 6.45) is 7.39. The Morgan fingerprint density at radius 2 is 1.62 bits per heavy atom. The predicted octanol–water partition coefficient (Wildman–Crippen LogP) is 3.17. The molecule has 0 amide bonds. The third kappa shape index (κ3) is 3.92. The van der Waals surface area contributed by atoms with Gasteiger partial charge >= 0.3 is 0 Å². The highest BCUT2D eigenvalue weighted by atomic mass is 32.2. The van der Waals surface area contributed by atoms with Crippen molar-refractivity contribution >= 4 is 10.2 Å². The second kappa shape index (κ2) is 7.42. The molecule has 0 atom stereocenters. The smallest absolute Gasteiger partial charge is 0.282 e. The maximum atomic E-state index is 13.2. The topological polar surface area (TPSA) is 49.9 Å². The summed E-state index contributed by atoms with van der Waals surface area (Å²) in [5.74, 6) is 0.791. The Kier molecular flexibility index (Phi) is 5.47. The first-order valence-electron chi connectivity index (χ1n) is 8.90. The maximum Gasteiger partial charge on any atom is 0.282 e. The minimum absolute atomic E-state index is 0.154. The first kappa shape index (κ1) is 17.7. The quantitative estimate of drug-likeness (QED) is 0.757. The molecule has 134 valence electrons. The molecule has 0 bridgehead atoms. The van der Waals surface area contributed by atoms with Crippen LogP contribution in [0.4, 0.5) is 0 Å². The summed E-state index contributed by atoms with van der Waals surface area (Å²) < 4.78 is 34.8. The van der Waals surface area contributed by atoms with E-state index in [0.29, 0.717) is 6.54 Å². The van der Waals surface area contributed by atoms with E-state index in [2.05, 4.69) is 0 Å². The van der Waals surface area contributed by atoms with Crippen molar-refractivity contribution in [3.63, 3.8) is 0 Å². The number of benzene rings is 1. The Balaban J connectivity index is 1.75. The minimum Gasteiger partial charge on any atom is -0.497 e. The summed E-state index contributed by atoms with van der Waals surface area (Å²) in [6.45, 7) is 0.439. The first-order valence-corrected chi connectivity index (χ1v) is 10.3. The fraction of sp³-hybridized carbons (Fsp3) is 0.667. The molecule has 0 saturated heterocycles. The van der Waals surface area contributed by atoms with E-state index in [0.717, 1.165) is 49.8 Å². The Morgan fingerprint density at radius 1 is 1.00 bits per heavy atom. The molecule has 0 N–H and O–H groups in total. The Morgan fingerprint density at radius 3 is 2.17 bits per heavy atom. The average Bonchev–Trinajstić information content (AvgIpc) is 3.45. The van der Waals surface area contributed by atoms with Crippen molar-refractivity contribution in [3.05, 3.63) is 29.8 Å². The van der Waals surface area contributed by atoms with Crippen molar-refractivity contribution in [2.24, 2.45) is 0 Å². The molecule has 0 heterocycles. The third-order valence-corrected chi connectivity index (χ3v) is 7.25. The van der Waals surface area contributed by atoms with Crippen molar-refractivity contribution < 1.29 is 13.2 Å². The molecule has 0 radical (unpaired) electrons. The highest BCUT2D eigenvalue weighted by Crippen LogP contribution is 2.34. The molecule has 3 rings (SSSR count). The number of nitrogens with zero attached hydrogens (tertiary/aromatic N) is 2. The van der Waals surface area contributed by atoms with Crippen LogP contribution in [0.25, 0.3) is 0 Å². The SMILES string of the molecule is COc1ccc(CN(C2CC2)S(=O)(=O)N(C)C2CCCCC2)cc1. The summed E-state index contributed by atoms with van der Waals surface area (Å²) in [6, 6.07) is 7.98. The van der Waals surface area contributed by atoms with Gasteiger partial charge in [-0.2, -0.15) is 17.0 Å². The number of methoxy groups -OCH3 is 1. The van der Waals surface area contributed by atoms with E-state index in [4.69, 9.17) is 4.74 Å². The molecule has 6 heteroatoms. The van der Waals surface area contributed by atoms with Crippen molar-refractivity contribution in [1.82, 2.24) is 8.61 Å². The van der Waals surface area contributed by atoms with E-state index >= 15 is 0 Å². The first-order chi connectivity index (χ1) is 11.5. The predicted molar refractivity (Wildman–Crippen MR) is 95.1 cm³/mol. The molecule has 0 unspecified atom stereocenters. The van der Waals surface area contributed by atoms with Gasteiger partial charge < -0.3 is 4.74 Å². The van der Waals surface area contributed by atoms with Crippen LogP contribution in [0.15, 0.2) is 24.3 Å². The van der Waals surface area contributed by atoms with Crippen molar-refractivity contribution in [2.45, 2.75) is 63.6 Å². The average molecular weight is 353 g/mol. The lowest BCUT2D eigenvalue weighted by molar-refractivity contribution is 0.258. The van der Waals surface area contributed by atoms with Crippen LogP contribution in [-0.4, -0.2) is 43.3 Å². The van der Waals surface area contributed by atoms with Crippen LogP contribution < -0.4 is 4.74 Å². The van der Waals surface area contributed by atoms with Crippen LogP contribution in [0.1, 0.15) is 50.5 Å². The van der Waals surface area contributed by atoms with E-state index in [1.807, 2.05) is 24.3 Å². The molecule has 2 fully saturated rings. The van der Waals surface area contributed by atoms with Gasteiger partial charge in [0.2, 0.25) is 0 Å². The molecule has 2 aliphatic rings. The number of hydrogen-bond donors (Lipinski definition) is 0. The highest BCUT2D eigenvalue weighted by Gasteiger charge is 2.41. The standard InChI is InChI=1S/C18H28N2O3S/c1-19(16-6-4-3-5-7-16)24(21,22)20(17-10-11-17)14-15-8-12-18(23-2)13-9-15/h8-9,12-13,16-17H,3-7,10-11,14H2,1-2H3. The van der Waals surface area contributed by atoms with Crippen LogP contribution in [0, 0.1) is 0 Å². The molecule has 1 aromatic carbocycles. The van der Waals surface area contributed by atoms with Gasteiger partial charge in [-0.05, 0) is 43.4 Å². The zero-order chi connectivity index (χ0) is 17.2. The second-order valence-corrected chi connectivity index (χ2v) is 8.88. The molecule has 24 heavy (non-hydrogen) atoms. The van der Waals surface area contributed by atoms with Crippen LogP contribution in [-0.2, 0) is 16.8 Å². The zero-order valence-corrected chi connectivity index (χ0v) is 15.5. The Labute approximate surface area is 145 Å². The summed E-state index contributed by atoms with van der Waals surface area (Å²) >= 11 is 0. The van der Waals surface area contributed by atoms with Gasteiger partial charge in [-0.15, -0.1) is 0 Å². The molecular weight excluding hydrogens is 324 g/mol. The highest BCUT2D eigenvalue weighted by molar-refractivity contribution is 7.86. The summed E-state index contributed by atoms with van der Waals surface area (Å²) in [5, 5.41) is 0. The molecule has 0 spiro atoms. The fourth-order valence-electron chi connectivity index (χ4n) is 3.47. The van der Waals surface area contributed by atoms with Gasteiger partial charge in [0.1, 0.15) is 5.75 Å². The van der Waals surface area contributed by atoms with Gasteiger partial charge in [-0.1, -0.05) is 31.4 Å². The Hall–Kier alpha value is -1.11. The largest absolute Gasteiger partial charge is 0.497 e. The van der Waals surface area contributed by atoms with Crippen LogP contribution in [0.5, 0.6) is 5.75 Å².